The molecule has 1 saturated heterocycles. The van der Waals surface area contributed by atoms with Crippen LogP contribution >= 0.6 is 11.6 Å². The molecule has 180 valence electrons. The Hall–Kier alpha value is -3.30. The van der Waals surface area contributed by atoms with Gasteiger partial charge in [0.2, 0.25) is 0 Å². The Balaban J connectivity index is 1.40. The molecule has 2 fully saturated rings. The number of ether oxygens (including phenoxy) is 1. The van der Waals surface area contributed by atoms with Crippen LogP contribution < -0.4 is 10.5 Å². The number of rotatable bonds is 4. The van der Waals surface area contributed by atoms with Gasteiger partial charge in [-0.1, -0.05) is 11.6 Å². The van der Waals surface area contributed by atoms with Gasteiger partial charge in [-0.2, -0.15) is 5.10 Å². The first-order valence-electron chi connectivity index (χ1n) is 11.7. The first-order valence-corrected chi connectivity index (χ1v) is 12.1. The highest BCUT2D eigenvalue weighted by molar-refractivity contribution is 6.30. The van der Waals surface area contributed by atoms with Crippen LogP contribution in [0.2, 0.25) is 5.02 Å². The van der Waals surface area contributed by atoms with Crippen molar-refractivity contribution < 1.29 is 9.13 Å². The fourth-order valence-corrected chi connectivity index (χ4v) is 4.89. The highest BCUT2D eigenvalue weighted by Crippen LogP contribution is 2.34. The first-order chi connectivity index (χ1) is 17.0. The maximum Gasteiger partial charge on any atom is 0.260 e. The van der Waals surface area contributed by atoms with E-state index in [0.29, 0.717) is 42.9 Å². The van der Waals surface area contributed by atoms with Crippen molar-refractivity contribution in [1.29, 1.82) is 0 Å². The van der Waals surface area contributed by atoms with Crippen LogP contribution in [0.15, 0.2) is 41.5 Å². The summed E-state index contributed by atoms with van der Waals surface area (Å²) < 4.78 is 23.0. The standard InChI is InChI=1S/C25H24ClFN6O2/c1-14-29-20-10-22(31-24(23(20)25(34)30-14)18-6-5-16(26)9-19(18)27)32-7-8-35-21(13-32)15-11-28-33(12-15)17-3-2-4-17/h5-6,9-12,17,21H,2-4,7-8,13H2,1H3,(H,29,30,34)/t21-/m1/s1. The van der Waals surface area contributed by atoms with Gasteiger partial charge >= 0.3 is 0 Å². The van der Waals surface area contributed by atoms with Gasteiger partial charge in [0.1, 0.15) is 23.6 Å². The quantitative estimate of drug-likeness (QED) is 0.446. The van der Waals surface area contributed by atoms with Crippen LogP contribution in [0.25, 0.3) is 22.2 Å². The SMILES string of the molecule is Cc1nc2cc(N3CCO[C@@H](c4cnn(C5CCC5)c4)C3)nc(-c3ccc(Cl)cc3F)c2c(=O)[nH]1. The van der Waals surface area contributed by atoms with Gasteiger partial charge < -0.3 is 14.6 Å². The zero-order chi connectivity index (χ0) is 24.1. The third-order valence-corrected chi connectivity index (χ3v) is 7.05. The second-order valence-corrected chi connectivity index (χ2v) is 9.58. The van der Waals surface area contributed by atoms with Crippen LogP contribution in [0.5, 0.6) is 0 Å². The number of nitrogens with zero attached hydrogens (tertiary/aromatic N) is 5. The van der Waals surface area contributed by atoms with Gasteiger partial charge in [0, 0.05) is 41.5 Å². The van der Waals surface area contributed by atoms with Crippen molar-refractivity contribution in [3.05, 3.63) is 69.2 Å². The van der Waals surface area contributed by atoms with E-state index >= 15 is 0 Å². The predicted octanol–water partition coefficient (Wildman–Crippen LogP) is 4.59. The molecule has 1 aromatic carbocycles. The van der Waals surface area contributed by atoms with E-state index in [2.05, 4.69) is 26.2 Å². The summed E-state index contributed by atoms with van der Waals surface area (Å²) in [6, 6.07) is 6.61. The Morgan fingerprint density at radius 3 is 2.86 bits per heavy atom. The van der Waals surface area contributed by atoms with Gasteiger partial charge in [-0.05, 0) is 44.4 Å². The van der Waals surface area contributed by atoms with E-state index in [1.54, 1.807) is 25.1 Å². The number of fused-ring (bicyclic) bond motifs is 1. The summed E-state index contributed by atoms with van der Waals surface area (Å²) in [5.41, 5.74) is 1.56. The van der Waals surface area contributed by atoms with Crippen molar-refractivity contribution in [2.45, 2.75) is 38.3 Å². The van der Waals surface area contributed by atoms with Gasteiger partial charge in [-0.15, -0.1) is 0 Å². The Labute approximate surface area is 205 Å². The maximum atomic E-state index is 14.9. The van der Waals surface area contributed by atoms with Crippen molar-refractivity contribution in [1.82, 2.24) is 24.7 Å². The third-order valence-electron chi connectivity index (χ3n) is 6.81. The molecular formula is C25H24ClFN6O2. The van der Waals surface area contributed by atoms with Crippen molar-refractivity contribution in [3.8, 4) is 11.3 Å². The number of benzene rings is 1. The smallest absolute Gasteiger partial charge is 0.260 e. The number of halogens is 2. The van der Waals surface area contributed by atoms with E-state index in [-0.39, 0.29) is 33.3 Å². The molecule has 0 spiro atoms. The minimum Gasteiger partial charge on any atom is -0.370 e. The van der Waals surface area contributed by atoms with Gasteiger partial charge in [-0.3, -0.25) is 9.48 Å². The molecular weight excluding hydrogens is 471 g/mol. The molecule has 1 saturated carbocycles. The van der Waals surface area contributed by atoms with Gasteiger partial charge in [0.05, 0.1) is 35.4 Å². The summed E-state index contributed by atoms with van der Waals surface area (Å²) in [5.74, 6) is 0.538. The molecule has 4 heterocycles. The summed E-state index contributed by atoms with van der Waals surface area (Å²) in [4.78, 5) is 26.9. The molecule has 3 aromatic heterocycles. The number of H-pyrrole nitrogens is 1. The Morgan fingerprint density at radius 1 is 1.23 bits per heavy atom. The molecule has 1 N–H and O–H groups in total. The third kappa shape index (κ3) is 4.08. The van der Waals surface area contributed by atoms with Crippen LogP contribution in [-0.2, 0) is 4.74 Å². The highest BCUT2D eigenvalue weighted by Gasteiger charge is 2.28. The second-order valence-electron chi connectivity index (χ2n) is 9.14. The summed E-state index contributed by atoms with van der Waals surface area (Å²) in [6.07, 6.45) is 7.35. The predicted molar refractivity (Wildman–Crippen MR) is 131 cm³/mol. The fourth-order valence-electron chi connectivity index (χ4n) is 4.73. The number of aryl methyl sites for hydroxylation is 1. The molecule has 4 aromatic rings. The Kier molecular flexibility index (Phi) is 5.53. The lowest BCUT2D eigenvalue weighted by Crippen LogP contribution is -2.39. The van der Waals surface area contributed by atoms with E-state index in [0.717, 1.165) is 18.4 Å². The molecule has 1 atom stereocenters. The molecule has 6 rings (SSSR count). The lowest BCUT2D eigenvalue weighted by Gasteiger charge is -2.33. The van der Waals surface area contributed by atoms with E-state index < -0.39 is 5.82 Å². The number of anilines is 1. The fraction of sp³-hybridized carbons (Fsp3) is 0.360. The molecule has 10 heteroatoms. The minimum atomic E-state index is -0.549. The number of morpholine rings is 1. The van der Waals surface area contributed by atoms with E-state index in [4.69, 9.17) is 21.3 Å². The van der Waals surface area contributed by atoms with Gasteiger partial charge in [0.25, 0.3) is 5.56 Å². The maximum absolute atomic E-state index is 14.9. The van der Waals surface area contributed by atoms with Gasteiger partial charge in [-0.25, -0.2) is 14.4 Å². The molecule has 0 bridgehead atoms. The summed E-state index contributed by atoms with van der Waals surface area (Å²) in [6.45, 7) is 3.38. The lowest BCUT2D eigenvalue weighted by atomic mass is 9.93. The zero-order valence-electron chi connectivity index (χ0n) is 19.2. The van der Waals surface area contributed by atoms with Crippen LogP contribution in [-0.4, -0.2) is 44.4 Å². The molecule has 1 aliphatic carbocycles. The Morgan fingerprint density at radius 2 is 2.09 bits per heavy atom. The molecule has 0 radical (unpaired) electrons. The molecule has 8 nitrogen and oxygen atoms in total. The van der Waals surface area contributed by atoms with E-state index in [1.807, 2.05) is 10.9 Å². The van der Waals surface area contributed by atoms with Gasteiger partial charge in [0.15, 0.2) is 0 Å². The number of nitrogens with one attached hydrogen (secondary N) is 1. The molecule has 0 amide bonds. The van der Waals surface area contributed by atoms with Crippen molar-refractivity contribution in [2.75, 3.05) is 24.6 Å². The first kappa shape index (κ1) is 22.2. The number of hydrogen-bond donors (Lipinski definition) is 1. The van der Waals surface area contributed by atoms with Crippen molar-refractivity contribution >= 4 is 28.3 Å². The normalized spacial score (nSPS) is 18.7. The van der Waals surface area contributed by atoms with Crippen LogP contribution in [0.1, 0.15) is 42.8 Å². The molecule has 2 aliphatic rings. The number of pyridine rings is 1. The monoisotopic (exact) mass is 494 g/mol. The molecule has 35 heavy (non-hydrogen) atoms. The van der Waals surface area contributed by atoms with Crippen molar-refractivity contribution in [3.63, 3.8) is 0 Å². The highest BCUT2D eigenvalue weighted by atomic mass is 35.5. The summed E-state index contributed by atoms with van der Waals surface area (Å²) in [7, 11) is 0. The average molecular weight is 495 g/mol. The zero-order valence-corrected chi connectivity index (χ0v) is 19.9. The molecule has 1 aliphatic heterocycles. The van der Waals surface area contributed by atoms with E-state index in [1.165, 1.54) is 12.5 Å². The second kappa shape index (κ2) is 8.73. The summed E-state index contributed by atoms with van der Waals surface area (Å²) in [5, 5.41) is 5.06. The van der Waals surface area contributed by atoms with Crippen LogP contribution in [0, 0.1) is 12.7 Å². The molecule has 0 unspecified atom stereocenters. The Bertz CT molecular complexity index is 1480. The number of hydrogen-bond acceptors (Lipinski definition) is 6. The topological polar surface area (TPSA) is 88.9 Å². The summed E-state index contributed by atoms with van der Waals surface area (Å²) >= 11 is 5.97. The average Bonchev–Trinajstić information content (AvgIpc) is 3.26. The largest absolute Gasteiger partial charge is 0.370 e. The van der Waals surface area contributed by atoms with E-state index in [9.17, 15) is 9.18 Å². The van der Waals surface area contributed by atoms with Crippen LogP contribution in [0.4, 0.5) is 10.2 Å². The minimum absolute atomic E-state index is 0.167. The van der Waals surface area contributed by atoms with Crippen LogP contribution in [0.3, 0.4) is 0 Å². The number of aromatic amines is 1. The lowest BCUT2D eigenvalue weighted by molar-refractivity contribution is 0.0394. The van der Waals surface area contributed by atoms with Crippen molar-refractivity contribution in [2.24, 2.45) is 0 Å². The number of aromatic nitrogens is 5.